The summed E-state index contributed by atoms with van der Waals surface area (Å²) in [6, 6.07) is 0.211. The largest absolute Gasteiger partial charge is 0.381 e. The highest BCUT2D eigenvalue weighted by Gasteiger charge is 2.24. The smallest absolute Gasteiger partial charge is 0.229 e. The van der Waals surface area contributed by atoms with Crippen molar-refractivity contribution in [1.29, 1.82) is 0 Å². The van der Waals surface area contributed by atoms with Crippen molar-refractivity contribution in [1.82, 2.24) is 20.4 Å². The minimum Gasteiger partial charge on any atom is -0.381 e. The lowest BCUT2D eigenvalue weighted by molar-refractivity contribution is 0.108. The van der Waals surface area contributed by atoms with E-state index < -0.39 is 0 Å². The van der Waals surface area contributed by atoms with Crippen LogP contribution < -0.4 is 5.32 Å². The second-order valence-corrected chi connectivity index (χ2v) is 5.47. The van der Waals surface area contributed by atoms with Crippen LogP contribution in [-0.4, -0.2) is 54.9 Å². The van der Waals surface area contributed by atoms with E-state index in [2.05, 4.69) is 41.3 Å². The lowest BCUT2D eigenvalue weighted by Crippen LogP contribution is -2.44. The third-order valence-corrected chi connectivity index (χ3v) is 3.20. The quantitative estimate of drug-likeness (QED) is 0.772. The van der Waals surface area contributed by atoms with Crippen molar-refractivity contribution in [3.8, 4) is 0 Å². The molecule has 1 aromatic rings. The first-order chi connectivity index (χ1) is 9.16. The van der Waals surface area contributed by atoms with Crippen molar-refractivity contribution in [2.24, 2.45) is 5.92 Å². The lowest BCUT2D eigenvalue weighted by Gasteiger charge is -2.30. The molecule has 6 nitrogen and oxygen atoms in total. The first-order valence-corrected chi connectivity index (χ1v) is 6.98. The van der Waals surface area contributed by atoms with Crippen molar-refractivity contribution in [3.63, 3.8) is 0 Å². The molecule has 2 heterocycles. The first-order valence-electron chi connectivity index (χ1n) is 6.98. The highest BCUT2D eigenvalue weighted by molar-refractivity contribution is 4.97. The number of likely N-dealkylation sites (N-methyl/N-ethyl adjacent to an activating group) is 1. The van der Waals surface area contributed by atoms with Gasteiger partial charge in [0.15, 0.2) is 5.82 Å². The fourth-order valence-electron chi connectivity index (χ4n) is 2.08. The number of ether oxygens (including phenoxy) is 1. The van der Waals surface area contributed by atoms with Gasteiger partial charge in [-0.15, -0.1) is 0 Å². The summed E-state index contributed by atoms with van der Waals surface area (Å²) in [5.74, 6) is 1.99. The Labute approximate surface area is 114 Å². The molecule has 0 aromatic carbocycles. The molecule has 1 fully saturated rings. The van der Waals surface area contributed by atoms with E-state index in [0.29, 0.717) is 24.8 Å². The van der Waals surface area contributed by atoms with Gasteiger partial charge >= 0.3 is 0 Å². The molecule has 1 aliphatic rings. The standard InChI is InChI=1S/C13H24N4O2/c1-10(2)9-18-7-4-12-15-13(16-19-12)11-8-14-5-6-17(11)3/h10-11,14H,4-9H2,1-3H3. The van der Waals surface area contributed by atoms with Crippen LogP contribution >= 0.6 is 0 Å². The summed E-state index contributed by atoms with van der Waals surface area (Å²) in [5, 5.41) is 7.43. The van der Waals surface area contributed by atoms with E-state index in [0.717, 1.165) is 32.1 Å². The van der Waals surface area contributed by atoms with Gasteiger partial charge in [0.05, 0.1) is 19.1 Å². The molecule has 1 atom stereocenters. The molecule has 19 heavy (non-hydrogen) atoms. The number of nitrogens with one attached hydrogen (secondary N) is 1. The molecule has 1 unspecified atom stereocenters. The van der Waals surface area contributed by atoms with Crippen molar-refractivity contribution in [3.05, 3.63) is 11.7 Å². The second-order valence-electron chi connectivity index (χ2n) is 5.47. The number of hydrogen-bond acceptors (Lipinski definition) is 6. The van der Waals surface area contributed by atoms with Gasteiger partial charge in [0.2, 0.25) is 5.89 Å². The maximum absolute atomic E-state index is 5.52. The summed E-state index contributed by atoms with van der Waals surface area (Å²) in [6.45, 7) is 8.58. The minimum atomic E-state index is 0.211. The van der Waals surface area contributed by atoms with Crippen LogP contribution in [0.2, 0.25) is 0 Å². The fraction of sp³-hybridized carbons (Fsp3) is 0.846. The Morgan fingerprint density at radius 1 is 1.53 bits per heavy atom. The molecule has 1 aromatic heterocycles. The van der Waals surface area contributed by atoms with Crippen LogP contribution in [0.25, 0.3) is 0 Å². The molecule has 1 aliphatic heterocycles. The Morgan fingerprint density at radius 3 is 3.11 bits per heavy atom. The van der Waals surface area contributed by atoms with Gasteiger partial charge in [-0.05, 0) is 13.0 Å². The van der Waals surface area contributed by atoms with Crippen LogP contribution in [0.3, 0.4) is 0 Å². The molecule has 1 saturated heterocycles. The number of aromatic nitrogens is 2. The van der Waals surface area contributed by atoms with Crippen LogP contribution in [0.5, 0.6) is 0 Å². The zero-order valence-electron chi connectivity index (χ0n) is 12.1. The van der Waals surface area contributed by atoms with Crippen molar-refractivity contribution >= 4 is 0 Å². The lowest BCUT2D eigenvalue weighted by atomic mass is 10.2. The van der Waals surface area contributed by atoms with Gasteiger partial charge in [0.25, 0.3) is 0 Å². The molecule has 6 heteroatoms. The molecule has 0 aliphatic carbocycles. The Balaban J connectivity index is 1.81. The molecular formula is C13H24N4O2. The van der Waals surface area contributed by atoms with Gasteiger partial charge in [-0.2, -0.15) is 4.98 Å². The van der Waals surface area contributed by atoms with E-state index in [1.807, 2.05) is 0 Å². The highest BCUT2D eigenvalue weighted by atomic mass is 16.5. The summed E-state index contributed by atoms with van der Waals surface area (Å²) in [6.07, 6.45) is 0.684. The summed E-state index contributed by atoms with van der Waals surface area (Å²) in [5.41, 5.74) is 0. The zero-order valence-corrected chi connectivity index (χ0v) is 12.1. The van der Waals surface area contributed by atoms with E-state index in [-0.39, 0.29) is 6.04 Å². The van der Waals surface area contributed by atoms with Crippen LogP contribution in [-0.2, 0) is 11.2 Å². The summed E-state index contributed by atoms with van der Waals surface area (Å²) in [7, 11) is 2.09. The minimum absolute atomic E-state index is 0.211. The first kappa shape index (κ1) is 14.4. The van der Waals surface area contributed by atoms with Gasteiger partial charge in [-0.25, -0.2) is 0 Å². The molecule has 0 spiro atoms. The van der Waals surface area contributed by atoms with E-state index >= 15 is 0 Å². The average Bonchev–Trinajstić information content (AvgIpc) is 2.83. The Hall–Kier alpha value is -0.980. The summed E-state index contributed by atoms with van der Waals surface area (Å²) in [4.78, 5) is 6.71. The maximum Gasteiger partial charge on any atom is 0.229 e. The third kappa shape index (κ3) is 4.26. The second kappa shape index (κ2) is 6.98. The Kier molecular flexibility index (Phi) is 5.30. The van der Waals surface area contributed by atoms with Crippen molar-refractivity contribution < 1.29 is 9.26 Å². The monoisotopic (exact) mass is 268 g/mol. The number of nitrogens with zero attached hydrogens (tertiary/aromatic N) is 3. The topological polar surface area (TPSA) is 63.4 Å². The summed E-state index contributed by atoms with van der Waals surface area (Å²) < 4.78 is 10.8. The predicted molar refractivity (Wildman–Crippen MR) is 71.9 cm³/mol. The van der Waals surface area contributed by atoms with Crippen LogP contribution in [0, 0.1) is 5.92 Å². The van der Waals surface area contributed by atoms with Gasteiger partial charge in [0.1, 0.15) is 0 Å². The molecule has 0 amide bonds. The molecule has 108 valence electrons. The average molecular weight is 268 g/mol. The van der Waals surface area contributed by atoms with Crippen LogP contribution in [0.4, 0.5) is 0 Å². The molecule has 1 N–H and O–H groups in total. The van der Waals surface area contributed by atoms with Crippen LogP contribution in [0.1, 0.15) is 31.6 Å². The molecule has 0 bridgehead atoms. The van der Waals surface area contributed by atoms with E-state index in [1.54, 1.807) is 0 Å². The summed E-state index contributed by atoms with van der Waals surface area (Å²) >= 11 is 0. The zero-order chi connectivity index (χ0) is 13.7. The maximum atomic E-state index is 5.52. The fourth-order valence-corrected chi connectivity index (χ4v) is 2.08. The SMILES string of the molecule is CC(C)COCCc1nc(C2CNCCN2C)no1. The molecular weight excluding hydrogens is 244 g/mol. The highest BCUT2D eigenvalue weighted by Crippen LogP contribution is 2.17. The van der Waals surface area contributed by atoms with Crippen molar-refractivity contribution in [2.75, 3.05) is 39.9 Å². The number of rotatable bonds is 6. The Morgan fingerprint density at radius 2 is 2.37 bits per heavy atom. The van der Waals surface area contributed by atoms with E-state index in [1.165, 1.54) is 0 Å². The molecule has 0 radical (unpaired) electrons. The third-order valence-electron chi connectivity index (χ3n) is 3.20. The normalized spacial score (nSPS) is 21.2. The number of piperazine rings is 1. The van der Waals surface area contributed by atoms with Crippen LogP contribution in [0.15, 0.2) is 4.52 Å². The van der Waals surface area contributed by atoms with Crippen molar-refractivity contribution in [2.45, 2.75) is 26.3 Å². The predicted octanol–water partition coefficient (Wildman–Crippen LogP) is 0.861. The molecule has 0 saturated carbocycles. The van der Waals surface area contributed by atoms with E-state index in [9.17, 15) is 0 Å². The number of hydrogen-bond donors (Lipinski definition) is 1. The van der Waals surface area contributed by atoms with Gasteiger partial charge in [-0.3, -0.25) is 4.90 Å². The van der Waals surface area contributed by atoms with Gasteiger partial charge in [-0.1, -0.05) is 19.0 Å². The Bertz CT molecular complexity index is 380. The van der Waals surface area contributed by atoms with Gasteiger partial charge < -0.3 is 14.6 Å². The molecule has 2 rings (SSSR count). The van der Waals surface area contributed by atoms with Gasteiger partial charge in [0, 0.05) is 26.2 Å². The van der Waals surface area contributed by atoms with E-state index in [4.69, 9.17) is 9.26 Å².